The number of hydrogen-bond acceptors (Lipinski definition) is 3. The van der Waals surface area contributed by atoms with Gasteiger partial charge in [0.2, 0.25) is 0 Å². The van der Waals surface area contributed by atoms with Gasteiger partial charge in [-0.1, -0.05) is 13.0 Å². The Balaban J connectivity index is 2.35. The van der Waals surface area contributed by atoms with Crippen LogP contribution in [0.25, 0.3) is 0 Å². The highest BCUT2D eigenvalue weighted by molar-refractivity contribution is 7.84. The van der Waals surface area contributed by atoms with Gasteiger partial charge >= 0.3 is 10.3 Å². The van der Waals surface area contributed by atoms with E-state index in [0.29, 0.717) is 0 Å². The maximum atomic E-state index is 11.2. The fourth-order valence-electron chi connectivity index (χ4n) is 2.03. The molecule has 1 N–H and O–H groups in total. The van der Waals surface area contributed by atoms with Crippen LogP contribution < -0.4 is 4.72 Å². The lowest BCUT2D eigenvalue weighted by Crippen LogP contribution is -2.37. The summed E-state index contributed by atoms with van der Waals surface area (Å²) >= 11 is 0. The lowest BCUT2D eigenvalue weighted by molar-refractivity contribution is 0.289. The predicted octanol–water partition coefficient (Wildman–Crippen LogP) is 0.576. The molecule has 1 aliphatic heterocycles. The van der Waals surface area contributed by atoms with E-state index in [2.05, 4.69) is 11.3 Å². The van der Waals surface area contributed by atoms with Gasteiger partial charge in [-0.2, -0.15) is 13.1 Å². The molecule has 0 bridgehead atoms. The second kappa shape index (κ2) is 2.34. The summed E-state index contributed by atoms with van der Waals surface area (Å²) < 4.78 is 29.7. The van der Waals surface area contributed by atoms with Crippen LogP contribution in [0.5, 0.6) is 0 Å². The summed E-state index contributed by atoms with van der Waals surface area (Å²) in [6.07, 6.45) is 3.26. The molecule has 74 valence electrons. The van der Waals surface area contributed by atoms with Crippen molar-refractivity contribution in [1.29, 1.82) is 0 Å². The van der Waals surface area contributed by atoms with Gasteiger partial charge in [-0.3, -0.25) is 4.18 Å². The van der Waals surface area contributed by atoms with E-state index in [1.807, 2.05) is 6.92 Å². The molecule has 0 radical (unpaired) electrons. The van der Waals surface area contributed by atoms with Crippen molar-refractivity contribution >= 4 is 10.3 Å². The molecule has 5 heteroatoms. The van der Waals surface area contributed by atoms with Crippen molar-refractivity contribution in [2.45, 2.75) is 25.3 Å². The van der Waals surface area contributed by atoms with Gasteiger partial charge in [0.05, 0.1) is 12.1 Å². The molecule has 4 nitrogen and oxygen atoms in total. The highest BCUT2D eigenvalue weighted by Crippen LogP contribution is 2.60. The largest absolute Gasteiger partial charge is 0.336 e. The monoisotopic (exact) mass is 203 g/mol. The van der Waals surface area contributed by atoms with Crippen molar-refractivity contribution < 1.29 is 12.6 Å². The van der Waals surface area contributed by atoms with Crippen LogP contribution in [0.15, 0.2) is 12.7 Å². The first-order valence-corrected chi connectivity index (χ1v) is 5.66. The fraction of sp³-hybridized carbons (Fsp3) is 0.750. The molecule has 1 heterocycles. The van der Waals surface area contributed by atoms with Gasteiger partial charge in [0.1, 0.15) is 0 Å². The van der Waals surface area contributed by atoms with E-state index in [1.54, 1.807) is 6.08 Å². The van der Waals surface area contributed by atoms with Crippen LogP contribution in [-0.4, -0.2) is 20.6 Å². The number of rotatable bonds is 1. The van der Waals surface area contributed by atoms with Crippen molar-refractivity contribution in [3.63, 3.8) is 0 Å². The Morgan fingerprint density at radius 1 is 1.62 bits per heavy atom. The molecule has 2 rings (SSSR count). The first kappa shape index (κ1) is 9.18. The molecule has 0 amide bonds. The van der Waals surface area contributed by atoms with E-state index in [9.17, 15) is 8.42 Å². The van der Waals surface area contributed by atoms with Crippen molar-refractivity contribution in [3.8, 4) is 0 Å². The van der Waals surface area contributed by atoms with Crippen LogP contribution >= 0.6 is 0 Å². The van der Waals surface area contributed by atoms with Crippen LogP contribution in [0.2, 0.25) is 0 Å². The molecule has 1 aliphatic carbocycles. The lowest BCUT2D eigenvalue weighted by atomic mass is 9.99. The molecule has 0 aromatic rings. The van der Waals surface area contributed by atoms with Gasteiger partial charge in [-0.05, 0) is 18.3 Å². The highest BCUT2D eigenvalue weighted by Gasteiger charge is 2.65. The van der Waals surface area contributed by atoms with Crippen molar-refractivity contribution in [2.24, 2.45) is 5.41 Å². The zero-order valence-corrected chi connectivity index (χ0v) is 8.36. The minimum absolute atomic E-state index is 0.00167. The van der Waals surface area contributed by atoms with E-state index in [4.69, 9.17) is 4.18 Å². The second-order valence-electron chi connectivity index (χ2n) is 4.04. The summed E-state index contributed by atoms with van der Waals surface area (Å²) in [7, 11) is -3.56. The molecule has 1 saturated heterocycles. The van der Waals surface area contributed by atoms with Gasteiger partial charge in [0.15, 0.2) is 0 Å². The molecule has 0 spiro atoms. The Kier molecular flexibility index (Phi) is 1.65. The SMILES string of the molecule is C=C[C@@]12C[C@]1(C)CCOS(=O)(=O)N2. The molecule has 1 saturated carbocycles. The highest BCUT2D eigenvalue weighted by atomic mass is 32.2. The van der Waals surface area contributed by atoms with Gasteiger partial charge < -0.3 is 0 Å². The molecule has 0 aromatic heterocycles. The van der Waals surface area contributed by atoms with E-state index in [0.717, 1.165) is 12.8 Å². The smallest absolute Gasteiger partial charge is 0.258 e. The summed E-state index contributed by atoms with van der Waals surface area (Å²) in [6, 6.07) is 0. The Bertz CT molecular complexity index is 350. The van der Waals surface area contributed by atoms with Gasteiger partial charge in [0, 0.05) is 0 Å². The topological polar surface area (TPSA) is 55.4 Å². The van der Waals surface area contributed by atoms with Gasteiger partial charge in [0.25, 0.3) is 0 Å². The summed E-state index contributed by atoms with van der Waals surface area (Å²) in [6.45, 7) is 5.98. The normalized spacial score (nSPS) is 47.5. The minimum atomic E-state index is -3.56. The molecule has 0 aromatic carbocycles. The standard InChI is InChI=1S/C8H13NO3S/c1-3-8-6-7(8,2)4-5-12-13(10,11)9-8/h3,9H,1,4-6H2,2H3/t7-,8+/m0/s1. The summed E-state index contributed by atoms with van der Waals surface area (Å²) in [5, 5.41) is 0. The van der Waals surface area contributed by atoms with Crippen LogP contribution in [-0.2, 0) is 14.5 Å². The van der Waals surface area contributed by atoms with Crippen molar-refractivity contribution in [2.75, 3.05) is 6.61 Å². The van der Waals surface area contributed by atoms with Crippen LogP contribution in [0.3, 0.4) is 0 Å². The van der Waals surface area contributed by atoms with E-state index < -0.39 is 15.8 Å². The third kappa shape index (κ3) is 1.22. The average molecular weight is 203 g/mol. The second-order valence-corrected chi connectivity index (χ2v) is 5.39. The quantitative estimate of drug-likeness (QED) is 0.634. The minimum Gasteiger partial charge on any atom is -0.258 e. The third-order valence-electron chi connectivity index (χ3n) is 3.17. The van der Waals surface area contributed by atoms with Crippen LogP contribution in [0.4, 0.5) is 0 Å². The first-order valence-electron chi connectivity index (χ1n) is 4.25. The van der Waals surface area contributed by atoms with E-state index in [-0.39, 0.29) is 12.0 Å². The Morgan fingerprint density at radius 3 is 2.92 bits per heavy atom. The lowest BCUT2D eigenvalue weighted by Gasteiger charge is -2.14. The Labute approximate surface area is 78.2 Å². The predicted molar refractivity (Wildman–Crippen MR) is 48.3 cm³/mol. The van der Waals surface area contributed by atoms with E-state index >= 15 is 0 Å². The molecule has 2 fully saturated rings. The van der Waals surface area contributed by atoms with Gasteiger partial charge in [-0.25, -0.2) is 0 Å². The molecule has 0 unspecified atom stereocenters. The van der Waals surface area contributed by atoms with Crippen molar-refractivity contribution in [1.82, 2.24) is 4.72 Å². The molecular formula is C8H13NO3S. The molecular weight excluding hydrogens is 190 g/mol. The third-order valence-corrected chi connectivity index (χ3v) is 4.26. The van der Waals surface area contributed by atoms with Crippen LogP contribution in [0, 0.1) is 5.41 Å². The first-order chi connectivity index (χ1) is 5.93. The Morgan fingerprint density at radius 2 is 2.31 bits per heavy atom. The summed E-state index contributed by atoms with van der Waals surface area (Å²) in [5.41, 5.74) is -0.458. The number of hydrogen-bond donors (Lipinski definition) is 1. The van der Waals surface area contributed by atoms with E-state index in [1.165, 1.54) is 0 Å². The number of fused-ring (bicyclic) bond motifs is 1. The summed E-state index contributed by atoms with van der Waals surface area (Å²) in [4.78, 5) is 0. The zero-order chi connectivity index (χ0) is 9.74. The average Bonchev–Trinajstić information content (AvgIpc) is 2.55. The summed E-state index contributed by atoms with van der Waals surface area (Å²) in [5.74, 6) is 0. The maximum Gasteiger partial charge on any atom is 0.336 e. The molecule has 2 atom stereocenters. The fourth-order valence-corrected chi connectivity index (χ4v) is 3.24. The van der Waals surface area contributed by atoms with Crippen LogP contribution in [0.1, 0.15) is 19.8 Å². The van der Waals surface area contributed by atoms with Gasteiger partial charge in [-0.15, -0.1) is 6.58 Å². The maximum absolute atomic E-state index is 11.2. The molecule has 2 aliphatic rings. The van der Waals surface area contributed by atoms with Crippen molar-refractivity contribution in [3.05, 3.63) is 12.7 Å². The Hall–Kier alpha value is -0.390. The number of nitrogens with one attached hydrogen (secondary N) is 1. The zero-order valence-electron chi connectivity index (χ0n) is 7.54. The molecule has 13 heavy (non-hydrogen) atoms.